The number of alkyl halides is 6. The predicted molar refractivity (Wildman–Crippen MR) is 72.3 cm³/mol. The molecule has 2 atom stereocenters. The van der Waals surface area contributed by atoms with Crippen LogP contribution in [0.2, 0.25) is 0 Å². The Morgan fingerprint density at radius 1 is 0.778 bits per heavy atom. The first-order valence-corrected chi connectivity index (χ1v) is 6.50. The third kappa shape index (κ3) is 9.11. The zero-order valence-electron chi connectivity index (χ0n) is 8.55. The second-order valence-electron chi connectivity index (χ2n) is 2.76. The minimum Gasteiger partial charge on any atom is -0.365 e. The molecule has 0 amide bonds. The lowest BCUT2D eigenvalue weighted by molar-refractivity contribution is -0.0853. The van der Waals surface area contributed by atoms with Crippen molar-refractivity contribution in [3.8, 4) is 11.8 Å². The van der Waals surface area contributed by atoms with E-state index in [1.165, 1.54) is 0 Å². The van der Waals surface area contributed by atoms with Crippen molar-refractivity contribution in [3.63, 3.8) is 0 Å². The van der Waals surface area contributed by atoms with Crippen molar-refractivity contribution in [2.45, 2.75) is 20.2 Å². The Bertz CT molecular complexity index is 273. The smallest absolute Gasteiger partial charge is 0.240 e. The topological polar surface area (TPSA) is 58.9 Å². The van der Waals surface area contributed by atoms with Gasteiger partial charge in [-0.05, 0) is 0 Å². The second-order valence-corrected chi connectivity index (χ2v) is 7.50. The molecule has 0 aromatic carbocycles. The number of hydrogen-bond acceptors (Lipinski definition) is 4. The fourth-order valence-corrected chi connectivity index (χ4v) is 0.910. The average molecular weight is 381 g/mol. The molecule has 0 aliphatic rings. The van der Waals surface area contributed by atoms with E-state index in [9.17, 15) is 0 Å². The van der Waals surface area contributed by atoms with Crippen LogP contribution < -0.4 is 0 Å². The van der Waals surface area contributed by atoms with E-state index in [0.29, 0.717) is 0 Å². The second kappa shape index (κ2) is 8.43. The summed E-state index contributed by atoms with van der Waals surface area (Å²) in [7, 11) is 0. The van der Waals surface area contributed by atoms with Gasteiger partial charge in [0.25, 0.3) is 0 Å². The molecule has 4 nitrogen and oxygen atoms in total. The Hall–Kier alpha value is 1.14. The Kier molecular flexibility index (Phi) is 8.97. The lowest BCUT2D eigenvalue weighted by Crippen LogP contribution is -2.28. The van der Waals surface area contributed by atoms with Crippen molar-refractivity contribution < 1.29 is 19.7 Å². The highest BCUT2D eigenvalue weighted by Crippen LogP contribution is 2.31. The van der Waals surface area contributed by atoms with Gasteiger partial charge in [-0.2, -0.15) is 0 Å². The van der Waals surface area contributed by atoms with Crippen LogP contribution in [-0.4, -0.2) is 43.6 Å². The first kappa shape index (κ1) is 19.1. The van der Waals surface area contributed by atoms with E-state index in [4.69, 9.17) is 79.8 Å². The third-order valence-corrected chi connectivity index (χ3v) is 2.43. The number of ether oxygens (including phenoxy) is 2. The number of halogens is 6. The van der Waals surface area contributed by atoms with Crippen LogP contribution in [0.3, 0.4) is 0 Å². The molecule has 18 heavy (non-hydrogen) atoms. The fraction of sp³-hybridized carbons (Fsp3) is 0.750. The molecule has 0 bridgehead atoms. The van der Waals surface area contributed by atoms with Gasteiger partial charge in [0, 0.05) is 0 Å². The van der Waals surface area contributed by atoms with Gasteiger partial charge in [-0.3, -0.25) is 0 Å². The quantitative estimate of drug-likeness (QED) is 0.446. The highest BCUT2D eigenvalue weighted by molar-refractivity contribution is 6.68. The molecule has 106 valence electrons. The largest absolute Gasteiger partial charge is 0.365 e. The van der Waals surface area contributed by atoms with Crippen molar-refractivity contribution >= 4 is 69.6 Å². The third-order valence-electron chi connectivity index (χ3n) is 1.31. The lowest BCUT2D eigenvalue weighted by Gasteiger charge is -2.18. The summed E-state index contributed by atoms with van der Waals surface area (Å²) in [4.78, 5) is 0. The molecule has 2 unspecified atom stereocenters. The van der Waals surface area contributed by atoms with Crippen molar-refractivity contribution in [1.82, 2.24) is 0 Å². The van der Waals surface area contributed by atoms with E-state index in [-0.39, 0.29) is 13.2 Å². The zero-order chi connectivity index (χ0) is 14.4. The van der Waals surface area contributed by atoms with Crippen LogP contribution in [-0.2, 0) is 9.47 Å². The van der Waals surface area contributed by atoms with Gasteiger partial charge >= 0.3 is 0 Å². The van der Waals surface area contributed by atoms with E-state index in [1.807, 2.05) is 0 Å². The summed E-state index contributed by atoms with van der Waals surface area (Å²) in [5.74, 6) is 4.84. The molecule has 0 aromatic rings. The standard InChI is InChI=1S/C8H8Cl6O4/c9-7(10,11)5(15)17-3-1-2-4-18-6(16)8(12,13)14/h5-6,15-16H,3-4H2. The van der Waals surface area contributed by atoms with Gasteiger partial charge in [0.05, 0.1) is 0 Å². The number of aliphatic hydroxyl groups is 2. The Balaban J connectivity index is 3.82. The SMILES string of the molecule is OC(OCC#CCOC(O)C(Cl)(Cl)Cl)C(Cl)(Cl)Cl. The first-order chi connectivity index (χ1) is 8.05. The molecule has 0 saturated heterocycles. The minimum absolute atomic E-state index is 0.206. The van der Waals surface area contributed by atoms with Gasteiger partial charge in [0.15, 0.2) is 0 Å². The molecule has 10 heteroatoms. The molecule has 0 rings (SSSR count). The van der Waals surface area contributed by atoms with Crippen molar-refractivity contribution in [3.05, 3.63) is 0 Å². The van der Waals surface area contributed by atoms with Gasteiger partial charge < -0.3 is 19.7 Å². The van der Waals surface area contributed by atoms with E-state index in [1.54, 1.807) is 0 Å². The molecule has 0 fully saturated rings. The van der Waals surface area contributed by atoms with Gasteiger partial charge in [0.1, 0.15) is 13.2 Å². The number of aliphatic hydroxyl groups excluding tert-OH is 2. The lowest BCUT2D eigenvalue weighted by atomic mass is 10.6. The summed E-state index contributed by atoms with van der Waals surface area (Å²) >= 11 is 31.9. The Labute approximate surface area is 134 Å². The molecule has 2 N–H and O–H groups in total. The number of rotatable bonds is 4. The summed E-state index contributed by atoms with van der Waals surface area (Å²) in [6, 6.07) is 0. The van der Waals surface area contributed by atoms with Crippen LogP contribution in [0.5, 0.6) is 0 Å². The predicted octanol–water partition coefficient (Wildman–Crippen LogP) is 2.40. The monoisotopic (exact) mass is 378 g/mol. The first-order valence-electron chi connectivity index (χ1n) is 4.23. The summed E-state index contributed by atoms with van der Waals surface area (Å²) in [6.07, 6.45) is -3.21. The Morgan fingerprint density at radius 3 is 1.28 bits per heavy atom. The molecule has 0 heterocycles. The van der Waals surface area contributed by atoms with Crippen LogP contribution >= 0.6 is 69.6 Å². The van der Waals surface area contributed by atoms with Gasteiger partial charge in [-0.1, -0.05) is 81.4 Å². The normalized spacial score (nSPS) is 15.8. The maximum absolute atomic E-state index is 9.13. The molecule has 0 aromatic heterocycles. The summed E-state index contributed by atoms with van der Waals surface area (Å²) in [6.45, 7) is -0.412. The fourth-order valence-electron chi connectivity index (χ4n) is 0.532. The minimum atomic E-state index is -1.95. The van der Waals surface area contributed by atoms with Crippen LogP contribution in [0, 0.1) is 11.8 Å². The summed E-state index contributed by atoms with van der Waals surface area (Å²) < 4.78 is 5.43. The van der Waals surface area contributed by atoms with Gasteiger partial charge in [0.2, 0.25) is 20.2 Å². The molecular weight excluding hydrogens is 373 g/mol. The molecule has 0 spiro atoms. The summed E-state index contributed by atoms with van der Waals surface area (Å²) in [5, 5.41) is 18.3. The zero-order valence-corrected chi connectivity index (χ0v) is 13.1. The maximum atomic E-state index is 9.13. The van der Waals surface area contributed by atoms with E-state index in [0.717, 1.165) is 0 Å². The van der Waals surface area contributed by atoms with E-state index in [2.05, 4.69) is 21.3 Å². The highest BCUT2D eigenvalue weighted by Gasteiger charge is 2.32. The molecular formula is C8H8Cl6O4. The van der Waals surface area contributed by atoms with Crippen molar-refractivity contribution in [2.24, 2.45) is 0 Å². The van der Waals surface area contributed by atoms with Gasteiger partial charge in [-0.15, -0.1) is 0 Å². The van der Waals surface area contributed by atoms with Crippen molar-refractivity contribution in [1.29, 1.82) is 0 Å². The molecule has 0 aliphatic heterocycles. The molecule has 0 radical (unpaired) electrons. The van der Waals surface area contributed by atoms with Crippen molar-refractivity contribution in [2.75, 3.05) is 13.2 Å². The van der Waals surface area contributed by atoms with Crippen LogP contribution in [0.1, 0.15) is 0 Å². The maximum Gasteiger partial charge on any atom is 0.240 e. The number of hydrogen-bond donors (Lipinski definition) is 2. The van der Waals surface area contributed by atoms with E-state index >= 15 is 0 Å². The van der Waals surface area contributed by atoms with Gasteiger partial charge in [-0.25, -0.2) is 0 Å². The molecule has 0 saturated carbocycles. The highest BCUT2D eigenvalue weighted by atomic mass is 35.6. The van der Waals surface area contributed by atoms with Crippen LogP contribution in [0.25, 0.3) is 0 Å². The average Bonchev–Trinajstić information content (AvgIpc) is 2.19. The summed E-state index contributed by atoms with van der Waals surface area (Å²) in [5.41, 5.74) is 0. The molecule has 0 aliphatic carbocycles. The van der Waals surface area contributed by atoms with Crippen LogP contribution in [0.15, 0.2) is 0 Å². The Morgan fingerprint density at radius 2 is 1.06 bits per heavy atom. The van der Waals surface area contributed by atoms with Crippen LogP contribution in [0.4, 0.5) is 0 Å². The van der Waals surface area contributed by atoms with E-state index < -0.39 is 20.2 Å².